The van der Waals surface area contributed by atoms with E-state index in [4.69, 9.17) is 10.2 Å². The van der Waals surface area contributed by atoms with E-state index in [0.717, 1.165) is 0 Å². The molecule has 0 aromatic heterocycles. The van der Waals surface area contributed by atoms with Gasteiger partial charge in [-0.3, -0.25) is 9.59 Å². The molecule has 80 valence electrons. The van der Waals surface area contributed by atoms with Crippen LogP contribution in [-0.4, -0.2) is 22.2 Å². The van der Waals surface area contributed by atoms with E-state index >= 15 is 0 Å². The van der Waals surface area contributed by atoms with Crippen molar-refractivity contribution in [2.24, 2.45) is 11.8 Å². The largest absolute Gasteiger partial charge is 0.481 e. The summed E-state index contributed by atoms with van der Waals surface area (Å²) < 4.78 is 0. The zero-order chi connectivity index (χ0) is 9.14. The van der Waals surface area contributed by atoms with Crippen LogP contribution in [0.2, 0.25) is 0 Å². The summed E-state index contributed by atoms with van der Waals surface area (Å²) in [6.45, 7) is 0. The third kappa shape index (κ3) is 3.00. The van der Waals surface area contributed by atoms with Gasteiger partial charge in [0.2, 0.25) is 0 Å². The third-order valence-electron chi connectivity index (χ3n) is 1.71. The van der Waals surface area contributed by atoms with Gasteiger partial charge in [0.15, 0.2) is 0 Å². The first kappa shape index (κ1) is 14.8. The molecule has 0 spiro atoms. The summed E-state index contributed by atoms with van der Waals surface area (Å²) in [5, 5.41) is 17.2. The monoisotopic (exact) mass is 202 g/mol. The van der Waals surface area contributed by atoms with Crippen LogP contribution >= 0.6 is 0 Å². The predicted molar refractivity (Wildman–Crippen MR) is 50.6 cm³/mol. The molecule has 1 aliphatic carbocycles. The molecule has 0 fully saturated rings. The van der Waals surface area contributed by atoms with E-state index in [1.54, 1.807) is 0 Å². The number of allylic oxidation sites excluding steroid dienone is 2. The Morgan fingerprint density at radius 2 is 1.14 bits per heavy atom. The second kappa shape index (κ2) is 5.90. The second-order valence-electron chi connectivity index (χ2n) is 2.50. The van der Waals surface area contributed by atoms with E-state index < -0.39 is 23.8 Å². The minimum absolute atomic E-state index is 0. The van der Waals surface area contributed by atoms with Gasteiger partial charge in [-0.15, -0.1) is 0 Å². The van der Waals surface area contributed by atoms with Gasteiger partial charge in [0, 0.05) is 0 Å². The average Bonchev–Trinajstić information content (AvgIpc) is 2.04. The van der Waals surface area contributed by atoms with E-state index in [1.165, 1.54) is 24.3 Å². The zero-order valence-corrected chi connectivity index (χ0v) is 7.59. The van der Waals surface area contributed by atoms with Gasteiger partial charge in [-0.2, -0.15) is 0 Å². The lowest BCUT2D eigenvalue weighted by molar-refractivity contribution is -0.149. The summed E-state index contributed by atoms with van der Waals surface area (Å²) in [5.41, 5.74) is 0. The number of hydrogen-bond donors (Lipinski definition) is 4. The number of carboxylic acid groups (broad SMARTS) is 2. The summed E-state index contributed by atoms with van der Waals surface area (Å²) in [4.78, 5) is 21.0. The predicted octanol–water partition coefficient (Wildman–Crippen LogP) is 0.838. The molecule has 0 heterocycles. The molecule has 6 nitrogen and oxygen atoms in total. The Morgan fingerprint density at radius 1 is 0.857 bits per heavy atom. The Hall–Kier alpha value is -1.66. The van der Waals surface area contributed by atoms with Crippen LogP contribution in [0.3, 0.4) is 0 Å². The van der Waals surface area contributed by atoms with Gasteiger partial charge in [-0.1, -0.05) is 24.3 Å². The van der Waals surface area contributed by atoms with Gasteiger partial charge in [0.1, 0.15) is 0 Å². The highest BCUT2D eigenvalue weighted by atomic mass is 16.4. The zero-order valence-electron chi connectivity index (χ0n) is 7.59. The van der Waals surface area contributed by atoms with Gasteiger partial charge in [-0.05, 0) is 0 Å². The van der Waals surface area contributed by atoms with Crippen molar-refractivity contribution in [2.45, 2.75) is 0 Å². The van der Waals surface area contributed by atoms with Crippen molar-refractivity contribution in [1.82, 2.24) is 12.3 Å². The lowest BCUT2D eigenvalue weighted by Crippen LogP contribution is -2.27. The summed E-state index contributed by atoms with van der Waals surface area (Å²) >= 11 is 0. The van der Waals surface area contributed by atoms with Crippen LogP contribution in [0.1, 0.15) is 0 Å². The lowest BCUT2D eigenvalue weighted by Gasteiger charge is -2.15. The number of carbonyl (C=O) groups is 2. The van der Waals surface area contributed by atoms with E-state index in [0.29, 0.717) is 0 Å². The minimum Gasteiger partial charge on any atom is -0.481 e. The van der Waals surface area contributed by atoms with Crippen LogP contribution in [0.25, 0.3) is 0 Å². The highest BCUT2D eigenvalue weighted by Crippen LogP contribution is 2.19. The molecule has 0 amide bonds. The average molecular weight is 202 g/mol. The first-order valence-electron chi connectivity index (χ1n) is 3.43. The van der Waals surface area contributed by atoms with E-state index in [1.807, 2.05) is 0 Å². The molecule has 0 bridgehead atoms. The normalized spacial score (nSPS) is 23.1. The maximum atomic E-state index is 10.5. The van der Waals surface area contributed by atoms with Gasteiger partial charge < -0.3 is 22.5 Å². The van der Waals surface area contributed by atoms with Crippen molar-refractivity contribution in [2.75, 3.05) is 0 Å². The van der Waals surface area contributed by atoms with Crippen LogP contribution in [0.15, 0.2) is 24.3 Å². The topological polar surface area (TPSA) is 145 Å². The molecule has 0 radical (unpaired) electrons. The number of aliphatic carboxylic acids is 2. The Kier molecular flexibility index (Phi) is 6.25. The molecule has 1 rings (SSSR count). The molecular weight excluding hydrogens is 188 g/mol. The fourth-order valence-electron chi connectivity index (χ4n) is 1.08. The van der Waals surface area contributed by atoms with Gasteiger partial charge in [0.25, 0.3) is 0 Å². The molecule has 1 aliphatic rings. The van der Waals surface area contributed by atoms with Crippen molar-refractivity contribution in [1.29, 1.82) is 0 Å². The minimum atomic E-state index is -1.11. The summed E-state index contributed by atoms with van der Waals surface area (Å²) in [6, 6.07) is 0. The van der Waals surface area contributed by atoms with E-state index in [2.05, 4.69) is 0 Å². The van der Waals surface area contributed by atoms with Crippen molar-refractivity contribution in [3.05, 3.63) is 24.3 Å². The number of hydrogen-bond acceptors (Lipinski definition) is 4. The van der Waals surface area contributed by atoms with Crippen molar-refractivity contribution in [3.63, 3.8) is 0 Å². The molecule has 2 unspecified atom stereocenters. The highest BCUT2D eigenvalue weighted by Gasteiger charge is 2.30. The molecule has 14 heavy (non-hydrogen) atoms. The van der Waals surface area contributed by atoms with Gasteiger partial charge in [0.05, 0.1) is 11.8 Å². The molecule has 6 heteroatoms. The Balaban J connectivity index is 0. The fourth-order valence-corrected chi connectivity index (χ4v) is 1.08. The fraction of sp³-hybridized carbons (Fsp3) is 0.250. The van der Waals surface area contributed by atoms with Crippen molar-refractivity contribution < 1.29 is 19.8 Å². The Labute approximate surface area is 81.1 Å². The van der Waals surface area contributed by atoms with Crippen molar-refractivity contribution >= 4 is 11.9 Å². The molecule has 0 aromatic rings. The van der Waals surface area contributed by atoms with Crippen LogP contribution in [0.4, 0.5) is 0 Å². The lowest BCUT2D eigenvalue weighted by atomic mass is 9.89. The smallest absolute Gasteiger partial charge is 0.311 e. The SMILES string of the molecule is N.N.O=C(O)C1C=CC=CC1C(=O)O. The molecule has 0 aliphatic heterocycles. The maximum absolute atomic E-state index is 10.5. The van der Waals surface area contributed by atoms with Gasteiger partial charge >= 0.3 is 11.9 Å². The summed E-state index contributed by atoms with van der Waals surface area (Å²) in [6.07, 6.45) is 5.83. The molecular formula is C8H14N2O4. The molecule has 2 atom stereocenters. The van der Waals surface area contributed by atoms with E-state index in [9.17, 15) is 9.59 Å². The highest BCUT2D eigenvalue weighted by molar-refractivity contribution is 5.83. The standard InChI is InChI=1S/C8H8O4.2H3N/c9-7(10)5-3-1-2-4-6(5)8(11)12;;/h1-6H,(H,9,10)(H,11,12);2*1H3. The molecule has 0 aromatic carbocycles. The third-order valence-corrected chi connectivity index (χ3v) is 1.71. The summed E-state index contributed by atoms with van der Waals surface area (Å²) in [5.74, 6) is -4.09. The summed E-state index contributed by atoms with van der Waals surface area (Å²) in [7, 11) is 0. The van der Waals surface area contributed by atoms with Crippen LogP contribution in [-0.2, 0) is 9.59 Å². The second-order valence-corrected chi connectivity index (χ2v) is 2.50. The first-order valence-corrected chi connectivity index (χ1v) is 3.43. The van der Waals surface area contributed by atoms with Gasteiger partial charge in [-0.25, -0.2) is 0 Å². The van der Waals surface area contributed by atoms with Crippen LogP contribution in [0.5, 0.6) is 0 Å². The molecule has 0 saturated carbocycles. The number of rotatable bonds is 2. The van der Waals surface area contributed by atoms with Crippen molar-refractivity contribution in [3.8, 4) is 0 Å². The maximum Gasteiger partial charge on any atom is 0.311 e. The van der Waals surface area contributed by atoms with E-state index in [-0.39, 0.29) is 12.3 Å². The number of carboxylic acids is 2. The first-order chi connectivity index (χ1) is 5.63. The quantitative estimate of drug-likeness (QED) is 0.522. The molecule has 0 saturated heterocycles. The molecule has 8 N–H and O–H groups in total. The van der Waals surface area contributed by atoms with Crippen LogP contribution < -0.4 is 12.3 Å². The van der Waals surface area contributed by atoms with Crippen LogP contribution in [0, 0.1) is 11.8 Å². The Morgan fingerprint density at radius 3 is 1.36 bits per heavy atom. The Bertz CT molecular complexity index is 245.